The van der Waals surface area contributed by atoms with Gasteiger partial charge in [-0.3, -0.25) is 0 Å². The molecule has 1 aliphatic heterocycles. The molecule has 12 rings (SSSR count). The fourth-order valence-electron chi connectivity index (χ4n) is 12.8. The second-order valence-corrected chi connectivity index (χ2v) is 25.4. The molecule has 0 atom stereocenters. The van der Waals surface area contributed by atoms with Gasteiger partial charge in [0.2, 0.25) is 0 Å². The van der Waals surface area contributed by atoms with E-state index in [4.69, 9.17) is 0 Å². The number of rotatable bonds is 8. The van der Waals surface area contributed by atoms with E-state index in [0.717, 1.165) is 22.7 Å². The first-order valence-electron chi connectivity index (χ1n) is 25.9. The maximum Gasteiger partial charge on any atom is 0.113 e. The van der Waals surface area contributed by atoms with Crippen molar-refractivity contribution in [3.05, 3.63) is 239 Å². The fourth-order valence-corrected chi connectivity index (χ4v) is 15.9. The molecule has 11 aromatic rings. The summed E-state index contributed by atoms with van der Waals surface area (Å²) in [6.45, 7) is 23.8. The number of hydrogen-bond donors (Lipinski definition) is 0. The van der Waals surface area contributed by atoms with E-state index in [1.807, 2.05) is 0 Å². The van der Waals surface area contributed by atoms with E-state index in [-0.39, 0.29) is 0 Å². The lowest BCUT2D eigenvalue weighted by Gasteiger charge is -2.35. The molecule has 0 saturated carbocycles. The lowest BCUT2D eigenvalue weighted by molar-refractivity contribution is 1.17. The van der Waals surface area contributed by atoms with Crippen molar-refractivity contribution < 1.29 is 0 Å². The SMILES string of the molecule is Cc1c(C)c(N(c2ccccc2)c2ccccc2)c(C)c(C)c1-c1ccc2c(c1)[Si](C)(C)c1cccc3c1c-2cc1c2ccccc2c(-c2c(C)c(C)c(N(c4ccccc4)c4ccccc4)c(C)c2C)cc31. The molecule has 1 aliphatic rings. The summed E-state index contributed by atoms with van der Waals surface area (Å²) < 4.78 is 0. The van der Waals surface area contributed by atoms with Gasteiger partial charge in [-0.25, -0.2) is 0 Å². The Bertz CT molecular complexity index is 3870. The fraction of sp³-hybridized carbons (Fsp3) is 0.143. The Morgan fingerprint density at radius 2 is 0.685 bits per heavy atom. The molecule has 0 saturated heterocycles. The number of para-hydroxylation sites is 4. The van der Waals surface area contributed by atoms with E-state index in [1.54, 1.807) is 0 Å². The van der Waals surface area contributed by atoms with Crippen molar-refractivity contribution in [1.29, 1.82) is 0 Å². The van der Waals surface area contributed by atoms with Crippen LogP contribution in [0.15, 0.2) is 194 Å². The Kier molecular flexibility index (Phi) is 11.1. The van der Waals surface area contributed by atoms with Crippen LogP contribution in [0.25, 0.3) is 65.7 Å². The molecular formula is C70H62N2Si. The normalized spacial score (nSPS) is 12.6. The third-order valence-electron chi connectivity index (χ3n) is 16.9. The first-order valence-corrected chi connectivity index (χ1v) is 28.9. The molecule has 11 aromatic carbocycles. The van der Waals surface area contributed by atoms with Crippen molar-refractivity contribution in [2.24, 2.45) is 0 Å². The Hall–Kier alpha value is -7.98. The molecule has 356 valence electrons. The largest absolute Gasteiger partial charge is 0.310 e. The van der Waals surface area contributed by atoms with Crippen molar-refractivity contribution >= 4 is 84.9 Å². The molecule has 0 aromatic heterocycles. The number of hydrogen-bond acceptors (Lipinski definition) is 2. The van der Waals surface area contributed by atoms with Crippen molar-refractivity contribution in [2.75, 3.05) is 9.80 Å². The molecule has 2 nitrogen and oxygen atoms in total. The van der Waals surface area contributed by atoms with E-state index in [0.29, 0.717) is 0 Å². The van der Waals surface area contributed by atoms with Crippen LogP contribution in [-0.2, 0) is 0 Å². The predicted molar refractivity (Wildman–Crippen MR) is 319 cm³/mol. The van der Waals surface area contributed by atoms with Crippen LogP contribution in [0.1, 0.15) is 44.5 Å². The minimum Gasteiger partial charge on any atom is -0.310 e. The van der Waals surface area contributed by atoms with Crippen molar-refractivity contribution in [3.63, 3.8) is 0 Å². The Balaban J connectivity index is 1.04. The topological polar surface area (TPSA) is 6.48 Å². The average Bonchev–Trinajstić information content (AvgIpc) is 3.43. The van der Waals surface area contributed by atoms with Crippen LogP contribution in [0.5, 0.6) is 0 Å². The van der Waals surface area contributed by atoms with E-state index >= 15 is 0 Å². The highest BCUT2D eigenvalue weighted by Gasteiger charge is 2.37. The van der Waals surface area contributed by atoms with Gasteiger partial charge in [0.15, 0.2) is 0 Å². The van der Waals surface area contributed by atoms with Gasteiger partial charge in [-0.1, -0.05) is 147 Å². The highest BCUT2D eigenvalue weighted by Crippen LogP contribution is 2.50. The number of benzene rings is 11. The summed E-state index contributed by atoms with van der Waals surface area (Å²) in [5.41, 5.74) is 25.7. The van der Waals surface area contributed by atoms with E-state index in [9.17, 15) is 0 Å². The van der Waals surface area contributed by atoms with Gasteiger partial charge in [-0.2, -0.15) is 0 Å². The second-order valence-electron chi connectivity index (χ2n) is 21.1. The molecule has 0 radical (unpaired) electrons. The summed E-state index contributed by atoms with van der Waals surface area (Å²) in [4.78, 5) is 4.89. The van der Waals surface area contributed by atoms with E-state index in [1.165, 1.54) is 132 Å². The number of fused-ring (bicyclic) bond motifs is 6. The van der Waals surface area contributed by atoms with Crippen LogP contribution in [0.4, 0.5) is 34.1 Å². The van der Waals surface area contributed by atoms with Gasteiger partial charge in [0, 0.05) is 22.7 Å². The summed E-state index contributed by atoms with van der Waals surface area (Å²) in [6, 6.07) is 72.2. The highest BCUT2D eigenvalue weighted by atomic mass is 28.3. The molecular weight excluding hydrogens is 897 g/mol. The molecule has 0 N–H and O–H groups in total. The van der Waals surface area contributed by atoms with Crippen LogP contribution in [0, 0.1) is 55.4 Å². The van der Waals surface area contributed by atoms with Gasteiger partial charge in [0.05, 0.1) is 11.4 Å². The lowest BCUT2D eigenvalue weighted by Crippen LogP contribution is -2.55. The summed E-state index contributed by atoms with van der Waals surface area (Å²) >= 11 is 0. The third-order valence-corrected chi connectivity index (χ3v) is 20.4. The smallest absolute Gasteiger partial charge is 0.113 e. The minimum atomic E-state index is -2.24. The second kappa shape index (κ2) is 17.6. The quantitative estimate of drug-likeness (QED) is 0.111. The molecule has 1 heterocycles. The minimum absolute atomic E-state index is 1.16. The molecule has 3 heteroatoms. The average molecular weight is 959 g/mol. The van der Waals surface area contributed by atoms with Crippen LogP contribution in [0.2, 0.25) is 13.1 Å². The zero-order valence-electron chi connectivity index (χ0n) is 43.9. The first-order chi connectivity index (χ1) is 35.4. The third kappa shape index (κ3) is 7.12. The Morgan fingerprint density at radius 1 is 0.288 bits per heavy atom. The maximum absolute atomic E-state index is 2.59. The zero-order valence-corrected chi connectivity index (χ0v) is 44.9. The Labute approximate surface area is 432 Å². The maximum atomic E-state index is 2.59. The summed E-state index contributed by atoms with van der Waals surface area (Å²) in [5.74, 6) is 0. The summed E-state index contributed by atoms with van der Waals surface area (Å²) in [7, 11) is -2.24. The molecule has 0 amide bonds. The molecule has 73 heavy (non-hydrogen) atoms. The Morgan fingerprint density at radius 3 is 1.16 bits per heavy atom. The summed E-state index contributed by atoms with van der Waals surface area (Å²) in [6.07, 6.45) is 0. The highest BCUT2D eigenvalue weighted by molar-refractivity contribution is 7.03. The lowest BCUT2D eigenvalue weighted by atomic mass is 9.82. The number of anilines is 6. The predicted octanol–water partition coefficient (Wildman–Crippen LogP) is 18.7. The van der Waals surface area contributed by atoms with Gasteiger partial charge in [0.25, 0.3) is 0 Å². The van der Waals surface area contributed by atoms with E-state index < -0.39 is 8.07 Å². The van der Waals surface area contributed by atoms with Crippen molar-refractivity contribution in [3.8, 4) is 33.4 Å². The van der Waals surface area contributed by atoms with Crippen molar-refractivity contribution in [1.82, 2.24) is 0 Å². The zero-order chi connectivity index (χ0) is 50.4. The number of nitrogens with zero attached hydrogens (tertiary/aromatic N) is 2. The monoisotopic (exact) mass is 958 g/mol. The molecule has 0 bridgehead atoms. The molecule has 0 spiro atoms. The van der Waals surface area contributed by atoms with Gasteiger partial charge >= 0.3 is 0 Å². The van der Waals surface area contributed by atoms with Crippen molar-refractivity contribution in [2.45, 2.75) is 68.5 Å². The van der Waals surface area contributed by atoms with Crippen LogP contribution in [-0.4, -0.2) is 8.07 Å². The standard InChI is InChI=1S/C70H62N2Si/c1-43-47(5)69(71(52-26-15-11-16-27-52)53-28-17-12-18-29-53)48(6)44(2)66(43)51-38-39-58-63-41-60-56-34-23-24-35-57(56)62(42-61(60)59-36-25-37-64(68(59)63)73(9,10)65(58)40-51)67-45(3)49(7)70(50(8)46(67)4)72(54-30-19-13-20-31-54)55-32-21-14-22-33-55/h11-42H,1-10H3. The first kappa shape index (κ1) is 46.1. The van der Waals surface area contributed by atoms with Crippen LogP contribution in [0.3, 0.4) is 0 Å². The van der Waals surface area contributed by atoms with Gasteiger partial charge in [-0.15, -0.1) is 0 Å². The van der Waals surface area contributed by atoms with Gasteiger partial charge in [0.1, 0.15) is 8.07 Å². The van der Waals surface area contributed by atoms with Gasteiger partial charge in [-0.05, 0) is 237 Å². The summed E-state index contributed by atoms with van der Waals surface area (Å²) in [5, 5.41) is 11.0. The van der Waals surface area contributed by atoms with Gasteiger partial charge < -0.3 is 9.80 Å². The molecule has 0 unspecified atom stereocenters. The molecule has 0 fully saturated rings. The van der Waals surface area contributed by atoms with E-state index in [2.05, 4.69) is 272 Å². The van der Waals surface area contributed by atoms with Crippen LogP contribution >= 0.6 is 0 Å². The van der Waals surface area contributed by atoms with Crippen LogP contribution < -0.4 is 20.2 Å². The molecule has 0 aliphatic carbocycles.